The van der Waals surface area contributed by atoms with Crippen LogP contribution >= 0.6 is 15.9 Å². The fourth-order valence-corrected chi connectivity index (χ4v) is 2.84. The number of alkyl halides is 1. The van der Waals surface area contributed by atoms with Crippen LogP contribution in [0.2, 0.25) is 0 Å². The first-order valence-electron chi connectivity index (χ1n) is 6.56. The maximum Gasteiger partial charge on any atom is 0.122 e. The van der Waals surface area contributed by atoms with Crippen molar-refractivity contribution in [3.63, 3.8) is 0 Å². The molecule has 0 radical (unpaired) electrons. The monoisotopic (exact) mass is 328 g/mol. The summed E-state index contributed by atoms with van der Waals surface area (Å²) in [4.78, 5) is 6.97. The SMILES string of the molecule is COc1cc(C)nc(CN2CC(C)OC(CBr)C2)c1. The lowest BCUT2D eigenvalue weighted by Gasteiger charge is -2.36. The van der Waals surface area contributed by atoms with Crippen LogP contribution in [0.3, 0.4) is 0 Å². The Morgan fingerprint density at radius 3 is 2.95 bits per heavy atom. The van der Waals surface area contributed by atoms with Gasteiger partial charge in [0.25, 0.3) is 0 Å². The van der Waals surface area contributed by atoms with E-state index < -0.39 is 0 Å². The lowest BCUT2D eigenvalue weighted by atomic mass is 10.2. The van der Waals surface area contributed by atoms with Crippen molar-refractivity contribution in [3.05, 3.63) is 23.5 Å². The second-order valence-corrected chi connectivity index (χ2v) is 5.70. The molecule has 2 rings (SSSR count). The zero-order valence-corrected chi connectivity index (χ0v) is 13.3. The highest BCUT2D eigenvalue weighted by Gasteiger charge is 2.24. The van der Waals surface area contributed by atoms with Crippen molar-refractivity contribution in [1.29, 1.82) is 0 Å². The molecule has 106 valence electrons. The van der Waals surface area contributed by atoms with Crippen LogP contribution < -0.4 is 4.74 Å². The van der Waals surface area contributed by atoms with E-state index in [4.69, 9.17) is 9.47 Å². The molecule has 2 heterocycles. The molecular weight excluding hydrogens is 308 g/mol. The summed E-state index contributed by atoms with van der Waals surface area (Å²) in [5, 5.41) is 0.873. The van der Waals surface area contributed by atoms with Crippen molar-refractivity contribution in [2.45, 2.75) is 32.6 Å². The van der Waals surface area contributed by atoms with Crippen LogP contribution in [0, 0.1) is 6.92 Å². The van der Waals surface area contributed by atoms with Gasteiger partial charge in [0.05, 0.1) is 25.0 Å². The molecule has 0 saturated carbocycles. The van der Waals surface area contributed by atoms with Gasteiger partial charge in [-0.3, -0.25) is 9.88 Å². The number of ether oxygens (including phenoxy) is 2. The Bertz CT molecular complexity index is 428. The van der Waals surface area contributed by atoms with Crippen LogP contribution in [0.5, 0.6) is 5.75 Å². The van der Waals surface area contributed by atoms with E-state index in [2.05, 4.69) is 32.7 Å². The van der Waals surface area contributed by atoms with Gasteiger partial charge in [0.15, 0.2) is 0 Å². The third-order valence-electron chi connectivity index (χ3n) is 3.18. The van der Waals surface area contributed by atoms with Crippen LogP contribution in [-0.4, -0.2) is 47.6 Å². The molecule has 2 atom stereocenters. The van der Waals surface area contributed by atoms with Gasteiger partial charge in [0, 0.05) is 42.8 Å². The first-order valence-corrected chi connectivity index (χ1v) is 7.68. The standard InChI is InChI=1S/C14H21BrN2O2/c1-10-4-13(18-3)5-12(16-10)8-17-7-11(2)19-14(6-15)9-17/h4-5,11,14H,6-9H2,1-3H3. The van der Waals surface area contributed by atoms with Gasteiger partial charge in [0.2, 0.25) is 0 Å². The second-order valence-electron chi connectivity index (χ2n) is 5.06. The molecule has 1 aromatic heterocycles. The smallest absolute Gasteiger partial charge is 0.122 e. The summed E-state index contributed by atoms with van der Waals surface area (Å²) in [7, 11) is 1.69. The summed E-state index contributed by atoms with van der Waals surface area (Å²) in [6.07, 6.45) is 0.526. The Labute approximate surface area is 123 Å². The molecule has 1 saturated heterocycles. The number of aromatic nitrogens is 1. The number of hydrogen-bond acceptors (Lipinski definition) is 4. The summed E-state index contributed by atoms with van der Waals surface area (Å²) >= 11 is 3.50. The van der Waals surface area contributed by atoms with Gasteiger partial charge in [-0.25, -0.2) is 0 Å². The van der Waals surface area contributed by atoms with Crippen LogP contribution in [0.4, 0.5) is 0 Å². The summed E-state index contributed by atoms with van der Waals surface area (Å²) in [5.74, 6) is 0.876. The number of rotatable bonds is 4. The third kappa shape index (κ3) is 4.16. The minimum absolute atomic E-state index is 0.260. The van der Waals surface area contributed by atoms with E-state index in [1.54, 1.807) is 7.11 Å². The van der Waals surface area contributed by atoms with Crippen molar-refractivity contribution >= 4 is 15.9 Å². The predicted octanol–water partition coefficient (Wildman–Crippen LogP) is 2.38. The number of halogens is 1. The van der Waals surface area contributed by atoms with E-state index in [-0.39, 0.29) is 12.2 Å². The Balaban J connectivity index is 2.05. The Morgan fingerprint density at radius 1 is 1.47 bits per heavy atom. The average molecular weight is 329 g/mol. The fourth-order valence-electron chi connectivity index (χ4n) is 2.49. The van der Waals surface area contributed by atoms with E-state index >= 15 is 0 Å². The van der Waals surface area contributed by atoms with E-state index in [1.807, 2.05) is 19.1 Å². The number of aryl methyl sites for hydroxylation is 1. The Hall–Kier alpha value is -0.650. The number of methoxy groups -OCH3 is 1. The minimum Gasteiger partial charge on any atom is -0.497 e. The van der Waals surface area contributed by atoms with Crippen molar-refractivity contribution in [2.75, 3.05) is 25.5 Å². The number of hydrogen-bond donors (Lipinski definition) is 0. The lowest BCUT2D eigenvalue weighted by Crippen LogP contribution is -2.46. The summed E-state index contributed by atoms with van der Waals surface area (Å²) in [5.41, 5.74) is 2.05. The fraction of sp³-hybridized carbons (Fsp3) is 0.643. The molecule has 0 amide bonds. The van der Waals surface area contributed by atoms with E-state index in [1.165, 1.54) is 0 Å². The molecule has 0 aliphatic carbocycles. The van der Waals surface area contributed by atoms with E-state index in [9.17, 15) is 0 Å². The highest BCUT2D eigenvalue weighted by Crippen LogP contribution is 2.18. The first kappa shape index (κ1) is 14.8. The molecule has 5 heteroatoms. The van der Waals surface area contributed by atoms with Gasteiger partial charge < -0.3 is 9.47 Å². The van der Waals surface area contributed by atoms with Gasteiger partial charge in [0.1, 0.15) is 5.75 Å². The topological polar surface area (TPSA) is 34.6 Å². The molecule has 4 nitrogen and oxygen atoms in total. The predicted molar refractivity (Wildman–Crippen MR) is 78.9 cm³/mol. The number of morpholine rings is 1. The molecule has 0 bridgehead atoms. The van der Waals surface area contributed by atoms with Gasteiger partial charge in [-0.15, -0.1) is 0 Å². The quantitative estimate of drug-likeness (QED) is 0.795. The van der Waals surface area contributed by atoms with Crippen LogP contribution in [0.15, 0.2) is 12.1 Å². The third-order valence-corrected chi connectivity index (χ3v) is 3.90. The molecule has 0 spiro atoms. The van der Waals surface area contributed by atoms with Crippen molar-refractivity contribution < 1.29 is 9.47 Å². The Kier molecular flexibility index (Phi) is 5.19. The largest absolute Gasteiger partial charge is 0.497 e. The summed E-state index contributed by atoms with van der Waals surface area (Å²) in [6.45, 7) is 6.84. The normalized spacial score (nSPS) is 24.4. The number of pyridine rings is 1. The molecule has 0 N–H and O–H groups in total. The highest BCUT2D eigenvalue weighted by atomic mass is 79.9. The van der Waals surface area contributed by atoms with Crippen molar-refractivity contribution in [1.82, 2.24) is 9.88 Å². The number of nitrogens with zero attached hydrogens (tertiary/aromatic N) is 2. The molecule has 1 aliphatic heterocycles. The van der Waals surface area contributed by atoms with Gasteiger partial charge >= 0.3 is 0 Å². The molecule has 19 heavy (non-hydrogen) atoms. The molecule has 2 unspecified atom stereocenters. The summed E-state index contributed by atoms with van der Waals surface area (Å²) < 4.78 is 11.1. The lowest BCUT2D eigenvalue weighted by molar-refractivity contribution is -0.0681. The molecule has 0 aromatic carbocycles. The van der Waals surface area contributed by atoms with Crippen LogP contribution in [0.25, 0.3) is 0 Å². The maximum absolute atomic E-state index is 5.84. The zero-order chi connectivity index (χ0) is 13.8. The van der Waals surface area contributed by atoms with Crippen LogP contribution in [0.1, 0.15) is 18.3 Å². The van der Waals surface area contributed by atoms with Gasteiger partial charge in [-0.1, -0.05) is 15.9 Å². The highest BCUT2D eigenvalue weighted by molar-refractivity contribution is 9.09. The molecule has 1 aromatic rings. The Morgan fingerprint density at radius 2 is 2.26 bits per heavy atom. The van der Waals surface area contributed by atoms with Crippen molar-refractivity contribution in [2.24, 2.45) is 0 Å². The minimum atomic E-state index is 0.260. The second kappa shape index (κ2) is 6.68. The van der Waals surface area contributed by atoms with Gasteiger partial charge in [-0.2, -0.15) is 0 Å². The maximum atomic E-state index is 5.84. The molecule has 1 fully saturated rings. The van der Waals surface area contributed by atoms with E-state index in [0.29, 0.717) is 0 Å². The zero-order valence-electron chi connectivity index (χ0n) is 11.7. The first-order chi connectivity index (χ1) is 9.10. The van der Waals surface area contributed by atoms with Crippen LogP contribution in [-0.2, 0) is 11.3 Å². The summed E-state index contributed by atoms with van der Waals surface area (Å²) in [6, 6.07) is 3.96. The average Bonchev–Trinajstić information content (AvgIpc) is 2.37. The van der Waals surface area contributed by atoms with Crippen molar-refractivity contribution in [3.8, 4) is 5.75 Å². The molecule has 1 aliphatic rings. The van der Waals surface area contributed by atoms with E-state index in [0.717, 1.165) is 42.1 Å². The van der Waals surface area contributed by atoms with Gasteiger partial charge in [-0.05, 0) is 13.8 Å². The molecular formula is C14H21BrN2O2.